The normalized spacial score (nSPS) is 11.2. The molecule has 12 heteroatoms. The highest BCUT2D eigenvalue weighted by molar-refractivity contribution is 6.02. The summed E-state index contributed by atoms with van der Waals surface area (Å²) in [5.74, 6) is -3.06. The zero-order valence-corrected chi connectivity index (χ0v) is 17.9. The van der Waals surface area contributed by atoms with Gasteiger partial charge in [0.05, 0.1) is 5.56 Å². The van der Waals surface area contributed by atoms with E-state index in [9.17, 15) is 24.3 Å². The molecule has 0 aliphatic carbocycles. The number of hydrogen-bond donors (Lipinski definition) is 6. The highest BCUT2D eigenvalue weighted by Crippen LogP contribution is 2.16. The van der Waals surface area contributed by atoms with Crippen LogP contribution in [0.5, 0.6) is 5.75 Å². The number of para-hydroxylation sites is 1. The third kappa shape index (κ3) is 8.90. The Morgan fingerprint density at radius 2 is 1.84 bits per heavy atom. The molecule has 0 aliphatic heterocycles. The first-order chi connectivity index (χ1) is 15.2. The molecule has 8 N–H and O–H groups in total. The molecule has 32 heavy (non-hydrogen) atoms. The number of benzene rings is 1. The first-order valence-corrected chi connectivity index (χ1v) is 10.1. The number of aromatic hydroxyl groups is 1. The topological polar surface area (TPSA) is 200 Å². The van der Waals surface area contributed by atoms with Gasteiger partial charge in [0.1, 0.15) is 18.3 Å². The summed E-state index contributed by atoms with van der Waals surface area (Å²) in [4.78, 5) is 53.8. The smallest absolute Gasteiger partial charge is 0.324 e. The van der Waals surface area contributed by atoms with Crippen LogP contribution < -0.4 is 22.1 Å². The van der Waals surface area contributed by atoms with Crippen molar-refractivity contribution in [2.75, 3.05) is 19.6 Å². The number of carboxylic acid groups (broad SMARTS) is 1. The average molecular weight is 450 g/mol. The number of imide groups is 1. The van der Waals surface area contributed by atoms with Gasteiger partial charge in [-0.15, -0.1) is 0 Å². The molecule has 12 nitrogen and oxygen atoms in total. The second-order valence-corrected chi connectivity index (χ2v) is 6.89. The number of aliphatic carboxylic acids is 1. The Bertz CT molecular complexity index is 840. The summed E-state index contributed by atoms with van der Waals surface area (Å²) in [5, 5.41) is 23.4. The molecule has 0 spiro atoms. The Morgan fingerprint density at radius 3 is 2.44 bits per heavy atom. The van der Waals surface area contributed by atoms with Crippen LogP contribution in [0.1, 0.15) is 43.0 Å². The van der Waals surface area contributed by atoms with E-state index in [1.54, 1.807) is 12.1 Å². The van der Waals surface area contributed by atoms with Gasteiger partial charge in [0, 0.05) is 13.1 Å². The summed E-state index contributed by atoms with van der Waals surface area (Å²) < 4.78 is 0. The van der Waals surface area contributed by atoms with Gasteiger partial charge in [-0.2, -0.15) is 0 Å². The molecule has 4 amide bonds. The van der Waals surface area contributed by atoms with Crippen molar-refractivity contribution in [2.24, 2.45) is 16.5 Å². The van der Waals surface area contributed by atoms with Gasteiger partial charge in [-0.05, 0) is 31.4 Å². The Labute approximate surface area is 185 Å². The average Bonchev–Trinajstić information content (AvgIpc) is 2.74. The van der Waals surface area contributed by atoms with E-state index >= 15 is 0 Å². The lowest BCUT2D eigenvalue weighted by Gasteiger charge is -2.26. The van der Waals surface area contributed by atoms with Gasteiger partial charge >= 0.3 is 12.0 Å². The zero-order chi connectivity index (χ0) is 24.1. The molecule has 0 aliphatic rings. The fourth-order valence-corrected chi connectivity index (χ4v) is 2.73. The monoisotopic (exact) mass is 450 g/mol. The molecular formula is C20H30N6O6. The first kappa shape index (κ1) is 26.2. The van der Waals surface area contributed by atoms with Gasteiger partial charge in [-0.3, -0.25) is 24.3 Å². The summed E-state index contributed by atoms with van der Waals surface area (Å²) >= 11 is 0. The van der Waals surface area contributed by atoms with Crippen molar-refractivity contribution in [1.29, 1.82) is 0 Å². The fraction of sp³-hybridized carbons (Fsp3) is 0.450. The Morgan fingerprint density at radius 1 is 1.16 bits per heavy atom. The third-order valence-corrected chi connectivity index (χ3v) is 4.33. The van der Waals surface area contributed by atoms with E-state index in [4.69, 9.17) is 16.6 Å². The largest absolute Gasteiger partial charge is 0.507 e. The standard InChI is InChI=1S/C20H30N6O6/c1-2-3-11-26(20(32)24-12-16(28)29)18(31)14(8-6-10-23-19(21)22)25-17(30)13-7-4-5-9-15(13)27/h4-5,7,9,14,27H,2-3,6,8,10-12H2,1H3,(H,24,32)(H,25,30)(H,28,29)(H4,21,22,23)/t14-/m0/s1. The van der Waals surface area contributed by atoms with Crippen LogP contribution >= 0.6 is 0 Å². The van der Waals surface area contributed by atoms with Crippen molar-refractivity contribution in [3.05, 3.63) is 29.8 Å². The number of guanidine groups is 1. The van der Waals surface area contributed by atoms with Crippen LogP contribution in [0.4, 0.5) is 4.79 Å². The van der Waals surface area contributed by atoms with Crippen molar-refractivity contribution in [3.8, 4) is 5.75 Å². The highest BCUT2D eigenvalue weighted by atomic mass is 16.4. The molecule has 1 aromatic rings. The molecule has 0 aromatic heterocycles. The molecule has 1 rings (SSSR count). The maximum absolute atomic E-state index is 13.2. The second-order valence-electron chi connectivity index (χ2n) is 6.89. The molecule has 0 bridgehead atoms. The van der Waals surface area contributed by atoms with E-state index in [1.807, 2.05) is 6.92 Å². The number of carbonyl (C=O) groups is 4. The second kappa shape index (κ2) is 13.5. The van der Waals surface area contributed by atoms with Crippen molar-refractivity contribution < 1.29 is 29.4 Å². The molecule has 0 saturated carbocycles. The third-order valence-electron chi connectivity index (χ3n) is 4.33. The number of unbranched alkanes of at least 4 members (excludes halogenated alkanes) is 1. The van der Waals surface area contributed by atoms with Crippen LogP contribution in [0.15, 0.2) is 29.3 Å². The van der Waals surface area contributed by atoms with Gasteiger partial charge in [-0.25, -0.2) is 4.79 Å². The number of carbonyl (C=O) groups excluding carboxylic acids is 3. The van der Waals surface area contributed by atoms with Gasteiger partial charge in [0.2, 0.25) is 0 Å². The number of hydrogen-bond acceptors (Lipinski definition) is 6. The van der Waals surface area contributed by atoms with Crippen LogP contribution in [0.2, 0.25) is 0 Å². The van der Waals surface area contributed by atoms with E-state index in [0.717, 1.165) is 4.90 Å². The van der Waals surface area contributed by atoms with Gasteiger partial charge < -0.3 is 32.3 Å². The Kier molecular flexibility index (Phi) is 11.0. The Hall–Kier alpha value is -3.83. The van der Waals surface area contributed by atoms with Gasteiger partial charge in [-0.1, -0.05) is 25.5 Å². The van der Waals surface area contributed by atoms with Crippen molar-refractivity contribution in [3.63, 3.8) is 0 Å². The summed E-state index contributed by atoms with van der Waals surface area (Å²) in [5.41, 5.74) is 10.6. The lowest BCUT2D eigenvalue weighted by molar-refractivity contribution is -0.136. The molecule has 1 atom stereocenters. The van der Waals surface area contributed by atoms with Crippen LogP contribution in [0.3, 0.4) is 0 Å². The van der Waals surface area contributed by atoms with Gasteiger partial charge in [0.25, 0.3) is 11.8 Å². The van der Waals surface area contributed by atoms with Crippen LogP contribution in [0.25, 0.3) is 0 Å². The van der Waals surface area contributed by atoms with E-state index in [0.29, 0.717) is 19.3 Å². The van der Waals surface area contributed by atoms with E-state index in [2.05, 4.69) is 15.6 Å². The summed E-state index contributed by atoms with van der Waals surface area (Å²) in [6.07, 6.45) is 1.58. The minimum atomic E-state index is -1.26. The summed E-state index contributed by atoms with van der Waals surface area (Å²) in [6.45, 7) is 1.44. The molecule has 0 saturated heterocycles. The lowest BCUT2D eigenvalue weighted by atomic mass is 10.1. The molecule has 0 fully saturated rings. The first-order valence-electron chi connectivity index (χ1n) is 10.1. The van der Waals surface area contributed by atoms with Crippen molar-refractivity contribution in [2.45, 2.75) is 38.6 Å². The van der Waals surface area contributed by atoms with Crippen molar-refractivity contribution in [1.82, 2.24) is 15.5 Å². The number of phenols is 1. The van der Waals surface area contributed by atoms with Crippen LogP contribution in [0, 0.1) is 0 Å². The maximum atomic E-state index is 13.2. The van der Waals surface area contributed by atoms with Gasteiger partial charge in [0.15, 0.2) is 5.96 Å². The number of urea groups is 1. The highest BCUT2D eigenvalue weighted by Gasteiger charge is 2.30. The number of amides is 4. The van der Waals surface area contributed by atoms with E-state index in [1.165, 1.54) is 12.1 Å². The number of nitrogens with one attached hydrogen (secondary N) is 2. The molecule has 0 heterocycles. The molecule has 1 aromatic carbocycles. The van der Waals surface area contributed by atoms with Crippen LogP contribution in [-0.4, -0.2) is 70.6 Å². The Balaban J connectivity index is 3.08. The van der Waals surface area contributed by atoms with E-state index in [-0.39, 0.29) is 36.8 Å². The van der Waals surface area contributed by atoms with Crippen LogP contribution in [-0.2, 0) is 9.59 Å². The van der Waals surface area contributed by atoms with E-state index < -0.39 is 36.4 Å². The SMILES string of the molecule is CCCCN(C(=O)NCC(=O)O)C(=O)[C@H](CCCN=C(N)N)NC(=O)c1ccccc1O. The maximum Gasteiger partial charge on any atom is 0.324 e. The number of rotatable bonds is 12. The predicted octanol–water partition coefficient (Wildman–Crippen LogP) is -0.0329. The number of nitrogens with two attached hydrogens (primary N) is 2. The molecule has 0 radical (unpaired) electrons. The number of phenolic OH excluding ortho intramolecular Hbond substituents is 1. The zero-order valence-electron chi connectivity index (χ0n) is 17.9. The summed E-state index contributed by atoms with van der Waals surface area (Å²) in [6, 6.07) is 3.80. The predicted molar refractivity (Wildman–Crippen MR) is 117 cm³/mol. The number of nitrogens with zero attached hydrogens (tertiary/aromatic N) is 2. The van der Waals surface area contributed by atoms with Crippen molar-refractivity contribution >= 4 is 29.8 Å². The molecule has 0 unspecified atom stereocenters. The minimum absolute atomic E-state index is 0.0371. The number of aliphatic imine (C=N–C) groups is 1. The lowest BCUT2D eigenvalue weighted by Crippen LogP contribution is -2.54. The number of carboxylic acids is 1. The summed E-state index contributed by atoms with van der Waals surface area (Å²) in [7, 11) is 0. The molecule has 176 valence electrons. The fourth-order valence-electron chi connectivity index (χ4n) is 2.73. The minimum Gasteiger partial charge on any atom is -0.507 e. The molecular weight excluding hydrogens is 420 g/mol. The quantitative estimate of drug-likeness (QED) is 0.145.